The molecule has 2 amide bonds. The van der Waals surface area contributed by atoms with Crippen LogP contribution in [0.25, 0.3) is 0 Å². The highest BCUT2D eigenvalue weighted by Crippen LogP contribution is 2.29. The summed E-state index contributed by atoms with van der Waals surface area (Å²) >= 11 is 0. The summed E-state index contributed by atoms with van der Waals surface area (Å²) in [5, 5.41) is 17.5. The van der Waals surface area contributed by atoms with Crippen LogP contribution in [0.4, 0.5) is 5.69 Å². The second-order valence-corrected chi connectivity index (χ2v) is 5.91. The zero-order valence-corrected chi connectivity index (χ0v) is 13.4. The Labute approximate surface area is 135 Å². The summed E-state index contributed by atoms with van der Waals surface area (Å²) in [6.45, 7) is 4.97. The second-order valence-electron chi connectivity index (χ2n) is 5.91. The second kappa shape index (κ2) is 7.82. The lowest BCUT2D eigenvalue weighted by atomic mass is 10.1. The van der Waals surface area contributed by atoms with Gasteiger partial charge < -0.3 is 25.8 Å². The monoisotopic (exact) mass is 321 g/mol. The third-order valence-electron chi connectivity index (χ3n) is 3.34. The first-order chi connectivity index (χ1) is 11.0. The highest BCUT2D eigenvalue weighted by molar-refractivity contribution is 6.35. The van der Waals surface area contributed by atoms with Crippen molar-refractivity contribution in [2.24, 2.45) is 5.92 Å². The summed E-state index contributed by atoms with van der Waals surface area (Å²) in [6, 6.07) is 5.57. The van der Waals surface area contributed by atoms with Gasteiger partial charge in [0.1, 0.15) is 12.4 Å². The van der Waals surface area contributed by atoms with Gasteiger partial charge in [-0.25, -0.2) is 0 Å². The number of carbonyl (C=O) groups excluding carboxylic acids is 2. The highest BCUT2D eigenvalue weighted by Gasteiger charge is 2.17. The van der Waals surface area contributed by atoms with Crippen LogP contribution in [0.1, 0.15) is 19.4 Å². The number of aliphatic hydroxyl groups is 1. The van der Waals surface area contributed by atoms with Crippen molar-refractivity contribution in [1.82, 2.24) is 10.6 Å². The summed E-state index contributed by atoms with van der Waals surface area (Å²) < 4.78 is 5.43. The van der Waals surface area contributed by atoms with Crippen molar-refractivity contribution in [1.29, 1.82) is 0 Å². The third kappa shape index (κ3) is 5.14. The molecule has 0 unspecified atom stereocenters. The largest absolute Gasteiger partial charge is 0.487 e. The van der Waals surface area contributed by atoms with Gasteiger partial charge in [0.05, 0.1) is 5.69 Å². The summed E-state index contributed by atoms with van der Waals surface area (Å²) in [6.07, 6.45) is -0.112. The van der Waals surface area contributed by atoms with Crippen molar-refractivity contribution < 1.29 is 19.4 Å². The van der Waals surface area contributed by atoms with E-state index in [-0.39, 0.29) is 6.61 Å². The molecule has 0 saturated carbocycles. The van der Waals surface area contributed by atoms with E-state index in [1.165, 1.54) is 0 Å². The van der Waals surface area contributed by atoms with Crippen LogP contribution >= 0.6 is 0 Å². The minimum Gasteiger partial charge on any atom is -0.487 e. The maximum Gasteiger partial charge on any atom is 0.309 e. The molecule has 1 atom stereocenters. The predicted molar refractivity (Wildman–Crippen MR) is 86.1 cm³/mol. The van der Waals surface area contributed by atoms with E-state index >= 15 is 0 Å². The van der Waals surface area contributed by atoms with Gasteiger partial charge in [0.25, 0.3) is 0 Å². The number of hydrogen-bond donors (Lipinski definition) is 4. The fourth-order valence-electron chi connectivity index (χ4n) is 2.13. The Morgan fingerprint density at radius 3 is 2.83 bits per heavy atom. The van der Waals surface area contributed by atoms with Crippen LogP contribution in [0.3, 0.4) is 0 Å². The number of benzene rings is 1. The number of amides is 2. The number of carbonyl (C=O) groups is 2. The minimum absolute atomic E-state index is 0.198. The van der Waals surface area contributed by atoms with Crippen LogP contribution in [-0.4, -0.2) is 42.8 Å². The molecule has 7 heteroatoms. The predicted octanol–water partition coefficient (Wildman–Crippen LogP) is 0.240. The fourth-order valence-corrected chi connectivity index (χ4v) is 2.13. The summed E-state index contributed by atoms with van der Waals surface area (Å²) in [7, 11) is 0. The van der Waals surface area contributed by atoms with E-state index in [2.05, 4.69) is 16.0 Å². The standard InChI is InChI=1S/C16H23N3O4/c1-10(2)8-18-16(22)15(21)17-6-5-11-3-4-12-13(7-11)23-9-14(20)19-12/h3-4,7,10,14,19-20H,5-6,8-9H2,1-2H3,(H,17,21)(H,18,22)/t14-/m1/s1. The van der Waals surface area contributed by atoms with E-state index < -0.39 is 18.0 Å². The van der Waals surface area contributed by atoms with E-state index in [1.807, 2.05) is 32.0 Å². The van der Waals surface area contributed by atoms with Gasteiger partial charge in [-0.15, -0.1) is 0 Å². The molecule has 2 rings (SSSR count). The maximum absolute atomic E-state index is 11.6. The van der Waals surface area contributed by atoms with Crippen molar-refractivity contribution in [3.63, 3.8) is 0 Å². The van der Waals surface area contributed by atoms with Crippen molar-refractivity contribution in [3.05, 3.63) is 23.8 Å². The molecule has 0 saturated heterocycles. The number of ether oxygens (including phenoxy) is 1. The number of anilines is 1. The van der Waals surface area contributed by atoms with Gasteiger partial charge in [-0.2, -0.15) is 0 Å². The van der Waals surface area contributed by atoms with E-state index in [1.54, 1.807) is 0 Å². The lowest BCUT2D eigenvalue weighted by Crippen LogP contribution is -2.41. The maximum atomic E-state index is 11.6. The van der Waals surface area contributed by atoms with E-state index in [4.69, 9.17) is 4.74 Å². The molecule has 126 valence electrons. The SMILES string of the molecule is CC(C)CNC(=O)C(=O)NCCc1ccc2c(c1)OC[C@@H](O)N2. The number of nitrogens with one attached hydrogen (secondary N) is 3. The molecule has 1 aliphatic rings. The molecule has 0 aliphatic carbocycles. The Balaban J connectivity index is 1.78. The zero-order chi connectivity index (χ0) is 16.8. The lowest BCUT2D eigenvalue weighted by Gasteiger charge is -2.24. The Hall–Kier alpha value is -2.28. The van der Waals surface area contributed by atoms with Gasteiger partial charge in [0.15, 0.2) is 6.23 Å². The molecule has 0 fully saturated rings. The van der Waals surface area contributed by atoms with Crippen LogP contribution in [0.15, 0.2) is 18.2 Å². The van der Waals surface area contributed by atoms with Gasteiger partial charge in [-0.1, -0.05) is 19.9 Å². The number of rotatable bonds is 5. The summed E-state index contributed by atoms with van der Waals surface area (Å²) in [5.74, 6) is -0.251. The van der Waals surface area contributed by atoms with Crippen molar-refractivity contribution in [2.75, 3.05) is 25.0 Å². The van der Waals surface area contributed by atoms with Gasteiger partial charge in [-0.3, -0.25) is 9.59 Å². The average molecular weight is 321 g/mol. The molecule has 4 N–H and O–H groups in total. The number of fused-ring (bicyclic) bond motifs is 1. The summed E-state index contributed by atoms with van der Waals surface area (Å²) in [5.41, 5.74) is 1.72. The molecule has 0 aromatic heterocycles. The number of aliphatic hydroxyl groups excluding tert-OH is 1. The Kier molecular flexibility index (Phi) is 5.81. The van der Waals surface area contributed by atoms with Crippen LogP contribution in [0, 0.1) is 5.92 Å². The van der Waals surface area contributed by atoms with E-state index in [0.29, 0.717) is 31.2 Å². The fraction of sp³-hybridized carbons (Fsp3) is 0.500. The van der Waals surface area contributed by atoms with Gasteiger partial charge in [-0.05, 0) is 30.0 Å². The van der Waals surface area contributed by atoms with Crippen LogP contribution in [0.2, 0.25) is 0 Å². The quantitative estimate of drug-likeness (QED) is 0.582. The molecule has 0 radical (unpaired) electrons. The minimum atomic E-state index is -0.697. The zero-order valence-electron chi connectivity index (χ0n) is 13.4. The smallest absolute Gasteiger partial charge is 0.309 e. The molecule has 0 spiro atoms. The first-order valence-electron chi connectivity index (χ1n) is 7.72. The Morgan fingerprint density at radius 2 is 2.09 bits per heavy atom. The lowest BCUT2D eigenvalue weighted by molar-refractivity contribution is -0.139. The molecule has 7 nitrogen and oxygen atoms in total. The normalized spacial score (nSPS) is 16.1. The summed E-state index contributed by atoms with van der Waals surface area (Å²) in [4.78, 5) is 23.2. The van der Waals surface area contributed by atoms with E-state index in [9.17, 15) is 14.7 Å². The molecule has 0 bridgehead atoms. The van der Waals surface area contributed by atoms with Gasteiger partial charge >= 0.3 is 11.8 Å². The topological polar surface area (TPSA) is 99.7 Å². The van der Waals surface area contributed by atoms with Crippen LogP contribution in [-0.2, 0) is 16.0 Å². The Bertz CT molecular complexity index is 574. The van der Waals surface area contributed by atoms with Gasteiger partial charge in [0.2, 0.25) is 0 Å². The van der Waals surface area contributed by atoms with Crippen molar-refractivity contribution in [2.45, 2.75) is 26.5 Å². The van der Waals surface area contributed by atoms with Crippen LogP contribution in [0.5, 0.6) is 5.75 Å². The van der Waals surface area contributed by atoms with Gasteiger partial charge in [0, 0.05) is 13.1 Å². The van der Waals surface area contributed by atoms with Crippen LogP contribution < -0.4 is 20.7 Å². The van der Waals surface area contributed by atoms with Crippen molar-refractivity contribution in [3.8, 4) is 5.75 Å². The molecule has 1 aliphatic heterocycles. The first-order valence-corrected chi connectivity index (χ1v) is 7.72. The molecular formula is C16H23N3O4. The molecule has 1 heterocycles. The Morgan fingerprint density at radius 1 is 1.35 bits per heavy atom. The molecule has 23 heavy (non-hydrogen) atoms. The molecule has 1 aromatic carbocycles. The highest BCUT2D eigenvalue weighted by atomic mass is 16.5. The first kappa shape index (κ1) is 17.1. The number of hydrogen-bond acceptors (Lipinski definition) is 5. The molecular weight excluding hydrogens is 298 g/mol. The third-order valence-corrected chi connectivity index (χ3v) is 3.34. The molecule has 1 aromatic rings. The average Bonchev–Trinajstić information content (AvgIpc) is 2.52. The van der Waals surface area contributed by atoms with E-state index in [0.717, 1.165) is 11.3 Å². The van der Waals surface area contributed by atoms with Crippen molar-refractivity contribution >= 4 is 17.5 Å².